The normalized spacial score (nSPS) is 10.3. The van der Waals surface area contributed by atoms with E-state index in [4.69, 9.17) is 38.4 Å². The summed E-state index contributed by atoms with van der Waals surface area (Å²) in [6.07, 6.45) is 1.39. The Balaban J connectivity index is 2.30. The van der Waals surface area contributed by atoms with Crippen LogP contribution >= 0.6 is 23.2 Å². The van der Waals surface area contributed by atoms with Crippen LogP contribution in [0.5, 0.6) is 17.6 Å². The van der Waals surface area contributed by atoms with Crippen LogP contribution in [0.15, 0.2) is 24.4 Å². The summed E-state index contributed by atoms with van der Waals surface area (Å²) in [6, 6.07) is 5.40. The largest absolute Gasteiger partial charge is 0.467 e. The van der Waals surface area contributed by atoms with Gasteiger partial charge in [-0.1, -0.05) is 29.3 Å². The van der Waals surface area contributed by atoms with E-state index in [-0.39, 0.29) is 16.9 Å². The second-order valence-electron chi connectivity index (χ2n) is 3.58. The first-order chi connectivity index (χ1) is 9.13. The van der Waals surface area contributed by atoms with Crippen LogP contribution in [-0.4, -0.2) is 17.1 Å². The van der Waals surface area contributed by atoms with E-state index in [1.54, 1.807) is 12.1 Å². The molecule has 1 aromatic carbocycles. The smallest absolute Gasteiger partial charge is 0.319 e. The molecule has 0 saturated heterocycles. The van der Waals surface area contributed by atoms with Gasteiger partial charge in [-0.2, -0.15) is 4.98 Å². The molecule has 2 aromatic rings. The summed E-state index contributed by atoms with van der Waals surface area (Å²) in [5, 5.41) is 0.691. The lowest BCUT2D eigenvalue weighted by Gasteiger charge is -2.09. The maximum atomic E-state index is 6.09. The number of methoxy groups -OCH3 is 1. The monoisotopic (exact) mass is 299 g/mol. The molecule has 19 heavy (non-hydrogen) atoms. The van der Waals surface area contributed by atoms with Crippen molar-refractivity contribution in [2.24, 2.45) is 5.73 Å². The molecule has 1 aromatic heterocycles. The van der Waals surface area contributed by atoms with Crippen molar-refractivity contribution in [3.8, 4) is 17.6 Å². The van der Waals surface area contributed by atoms with Crippen LogP contribution in [0.4, 0.5) is 0 Å². The minimum absolute atomic E-state index is 0.161. The van der Waals surface area contributed by atoms with E-state index in [0.717, 1.165) is 5.56 Å². The van der Waals surface area contributed by atoms with Crippen molar-refractivity contribution in [3.63, 3.8) is 0 Å². The molecule has 0 aliphatic heterocycles. The Morgan fingerprint density at radius 3 is 2.68 bits per heavy atom. The van der Waals surface area contributed by atoms with Gasteiger partial charge in [0.05, 0.1) is 18.3 Å². The summed E-state index contributed by atoms with van der Waals surface area (Å²) in [4.78, 5) is 7.85. The van der Waals surface area contributed by atoms with E-state index in [0.29, 0.717) is 17.3 Å². The summed E-state index contributed by atoms with van der Waals surface area (Å²) in [6.45, 7) is 0.405. The van der Waals surface area contributed by atoms with Gasteiger partial charge >= 0.3 is 6.01 Å². The van der Waals surface area contributed by atoms with Gasteiger partial charge in [0.2, 0.25) is 5.88 Å². The van der Waals surface area contributed by atoms with Gasteiger partial charge in [0.15, 0.2) is 0 Å². The average Bonchev–Trinajstić information content (AvgIpc) is 2.43. The Kier molecular flexibility index (Phi) is 4.42. The summed E-state index contributed by atoms with van der Waals surface area (Å²) in [7, 11) is 1.45. The standard InChI is InChI=1S/C12H11Cl2N3O2/c1-18-12-16-6-9(14)11(17-12)19-10-3-2-7(5-15)4-8(10)13/h2-4,6H,5,15H2,1H3. The minimum Gasteiger partial charge on any atom is -0.467 e. The van der Waals surface area contributed by atoms with E-state index in [1.807, 2.05) is 6.07 Å². The number of hydrogen-bond acceptors (Lipinski definition) is 5. The molecule has 2 rings (SSSR count). The zero-order valence-electron chi connectivity index (χ0n) is 10.1. The van der Waals surface area contributed by atoms with Gasteiger partial charge in [0.1, 0.15) is 10.8 Å². The van der Waals surface area contributed by atoms with Crippen LogP contribution in [0, 0.1) is 0 Å². The Morgan fingerprint density at radius 2 is 2.05 bits per heavy atom. The summed E-state index contributed by atoms with van der Waals surface area (Å²) >= 11 is 12.0. The first-order valence-corrected chi connectivity index (χ1v) is 6.12. The summed E-state index contributed by atoms with van der Waals surface area (Å²) in [5.41, 5.74) is 6.43. The number of hydrogen-bond donors (Lipinski definition) is 1. The highest BCUT2D eigenvalue weighted by Crippen LogP contribution is 2.33. The number of aromatic nitrogens is 2. The maximum absolute atomic E-state index is 6.09. The zero-order valence-corrected chi connectivity index (χ0v) is 11.6. The number of halogens is 2. The summed E-state index contributed by atoms with van der Waals surface area (Å²) in [5.74, 6) is 0.609. The highest BCUT2D eigenvalue weighted by Gasteiger charge is 2.11. The van der Waals surface area contributed by atoms with Gasteiger partial charge in [-0.05, 0) is 17.7 Å². The molecular formula is C12H11Cl2N3O2. The third-order valence-electron chi connectivity index (χ3n) is 2.31. The number of rotatable bonds is 4. The first kappa shape index (κ1) is 13.9. The molecule has 7 heteroatoms. The number of nitrogens with zero attached hydrogens (tertiary/aromatic N) is 2. The molecule has 2 N–H and O–H groups in total. The Hall–Kier alpha value is -1.56. The van der Waals surface area contributed by atoms with Gasteiger partial charge in [0, 0.05) is 6.54 Å². The van der Waals surface area contributed by atoms with Gasteiger partial charge < -0.3 is 15.2 Å². The van der Waals surface area contributed by atoms with Crippen molar-refractivity contribution in [2.45, 2.75) is 6.54 Å². The fourth-order valence-corrected chi connectivity index (χ4v) is 1.74. The van der Waals surface area contributed by atoms with Crippen molar-refractivity contribution in [1.82, 2.24) is 9.97 Å². The van der Waals surface area contributed by atoms with Crippen LogP contribution < -0.4 is 15.2 Å². The molecule has 0 fully saturated rings. The second kappa shape index (κ2) is 6.06. The van der Waals surface area contributed by atoms with Crippen molar-refractivity contribution < 1.29 is 9.47 Å². The van der Waals surface area contributed by atoms with Crippen molar-refractivity contribution >= 4 is 23.2 Å². The number of ether oxygens (including phenoxy) is 2. The second-order valence-corrected chi connectivity index (χ2v) is 4.40. The lowest BCUT2D eigenvalue weighted by Crippen LogP contribution is -1.98. The van der Waals surface area contributed by atoms with Crippen LogP contribution in [0.3, 0.4) is 0 Å². The third kappa shape index (κ3) is 3.26. The molecule has 100 valence electrons. The predicted molar refractivity (Wildman–Crippen MR) is 73.0 cm³/mol. The van der Waals surface area contributed by atoms with Crippen LogP contribution in [0.2, 0.25) is 10.0 Å². The van der Waals surface area contributed by atoms with Crippen LogP contribution in [-0.2, 0) is 6.54 Å². The van der Waals surface area contributed by atoms with Crippen LogP contribution in [0.25, 0.3) is 0 Å². The average molecular weight is 300 g/mol. The van der Waals surface area contributed by atoms with Gasteiger partial charge in [-0.25, -0.2) is 4.98 Å². The highest BCUT2D eigenvalue weighted by atomic mass is 35.5. The number of benzene rings is 1. The van der Waals surface area contributed by atoms with E-state index in [1.165, 1.54) is 13.3 Å². The fourth-order valence-electron chi connectivity index (χ4n) is 1.36. The lowest BCUT2D eigenvalue weighted by molar-refractivity contribution is 0.366. The Labute approximate surface area is 120 Å². The molecule has 0 unspecified atom stereocenters. The highest BCUT2D eigenvalue weighted by molar-refractivity contribution is 6.32. The quantitative estimate of drug-likeness (QED) is 0.939. The van der Waals surface area contributed by atoms with E-state index < -0.39 is 0 Å². The molecule has 5 nitrogen and oxygen atoms in total. The molecule has 0 saturated carbocycles. The lowest BCUT2D eigenvalue weighted by atomic mass is 10.2. The molecule has 0 bridgehead atoms. The van der Waals surface area contributed by atoms with Crippen molar-refractivity contribution in [2.75, 3.05) is 7.11 Å². The Morgan fingerprint density at radius 1 is 1.26 bits per heavy atom. The minimum atomic E-state index is 0.161. The molecule has 0 radical (unpaired) electrons. The van der Waals surface area contributed by atoms with Crippen LogP contribution in [0.1, 0.15) is 5.56 Å². The van der Waals surface area contributed by atoms with Crippen molar-refractivity contribution in [1.29, 1.82) is 0 Å². The molecule has 0 spiro atoms. The topological polar surface area (TPSA) is 70.3 Å². The zero-order chi connectivity index (χ0) is 13.8. The number of nitrogens with two attached hydrogens (primary N) is 1. The van der Waals surface area contributed by atoms with E-state index in [2.05, 4.69) is 9.97 Å². The molecule has 0 atom stereocenters. The van der Waals surface area contributed by atoms with E-state index >= 15 is 0 Å². The molecule has 1 heterocycles. The van der Waals surface area contributed by atoms with Gasteiger partial charge in [0.25, 0.3) is 0 Å². The molecule has 0 aliphatic carbocycles. The molecule has 0 amide bonds. The van der Waals surface area contributed by atoms with Crippen molar-refractivity contribution in [3.05, 3.63) is 40.0 Å². The summed E-state index contributed by atoms with van der Waals surface area (Å²) < 4.78 is 10.5. The van der Waals surface area contributed by atoms with E-state index in [9.17, 15) is 0 Å². The Bertz CT molecular complexity index is 593. The first-order valence-electron chi connectivity index (χ1n) is 5.37. The molecule has 0 aliphatic rings. The maximum Gasteiger partial charge on any atom is 0.319 e. The third-order valence-corrected chi connectivity index (χ3v) is 2.87. The SMILES string of the molecule is COc1ncc(Cl)c(Oc2ccc(CN)cc2Cl)n1. The van der Waals surface area contributed by atoms with Gasteiger partial charge in [-0.3, -0.25) is 0 Å². The molecular weight excluding hydrogens is 289 g/mol. The predicted octanol–water partition coefficient (Wildman–Crippen LogP) is 3.04. The fraction of sp³-hybridized carbons (Fsp3) is 0.167. The van der Waals surface area contributed by atoms with Gasteiger partial charge in [-0.15, -0.1) is 0 Å².